The minimum atomic E-state index is -4.07. The lowest BCUT2D eigenvalue weighted by Crippen LogP contribution is -2.41. The Hall–Kier alpha value is -2.55. The molecule has 0 radical (unpaired) electrons. The fourth-order valence-electron chi connectivity index (χ4n) is 3.85. The van der Waals surface area contributed by atoms with Gasteiger partial charge in [-0.25, -0.2) is 9.10 Å². The first-order valence-corrected chi connectivity index (χ1v) is 12.0. The summed E-state index contributed by atoms with van der Waals surface area (Å²) in [4.78, 5) is 12.9. The number of nitrogens with zero attached hydrogens (tertiary/aromatic N) is 2. The van der Waals surface area contributed by atoms with Gasteiger partial charge in [0, 0.05) is 12.1 Å². The summed E-state index contributed by atoms with van der Waals surface area (Å²) < 4.78 is 47.3. The number of carbonyl (C=O) groups is 1. The smallest absolute Gasteiger partial charge is 0.355 e. The van der Waals surface area contributed by atoms with Crippen LogP contribution in [0.5, 0.6) is 11.5 Å². The van der Waals surface area contributed by atoms with Gasteiger partial charge in [0.2, 0.25) is 0 Å². The molecule has 1 aromatic carbocycles. The van der Waals surface area contributed by atoms with Gasteiger partial charge in [0.1, 0.15) is 5.70 Å². The molecule has 0 atom stereocenters. The van der Waals surface area contributed by atoms with Crippen LogP contribution in [0, 0.1) is 11.8 Å². The van der Waals surface area contributed by atoms with Gasteiger partial charge in [-0.1, -0.05) is 12.8 Å². The lowest BCUT2D eigenvalue weighted by molar-refractivity contribution is -0.142. The normalized spacial score (nSPS) is 20.8. The fourth-order valence-corrected chi connectivity index (χ4v) is 5.13. The maximum atomic E-state index is 13.1. The highest BCUT2D eigenvalue weighted by atomic mass is 32.2. The molecule has 0 bridgehead atoms. The van der Waals surface area contributed by atoms with Crippen molar-refractivity contribution in [1.82, 2.24) is 4.31 Å². The predicted molar refractivity (Wildman–Crippen MR) is 115 cm³/mol. The maximum Gasteiger partial charge on any atom is 0.355 e. The van der Waals surface area contributed by atoms with Crippen molar-refractivity contribution in [2.24, 2.45) is 16.2 Å². The van der Waals surface area contributed by atoms with Crippen molar-refractivity contribution < 1.29 is 27.4 Å². The van der Waals surface area contributed by atoms with Crippen molar-refractivity contribution in [1.29, 1.82) is 0 Å². The van der Waals surface area contributed by atoms with Crippen LogP contribution < -0.4 is 9.47 Å². The van der Waals surface area contributed by atoms with E-state index in [2.05, 4.69) is 4.40 Å². The van der Waals surface area contributed by atoms with E-state index in [0.717, 1.165) is 42.8 Å². The largest absolute Gasteiger partial charge is 0.493 e. The van der Waals surface area contributed by atoms with Crippen LogP contribution in [0.3, 0.4) is 0 Å². The van der Waals surface area contributed by atoms with E-state index in [-0.39, 0.29) is 23.9 Å². The quantitative estimate of drug-likeness (QED) is 0.567. The molecule has 4 rings (SSSR count). The number of esters is 1. The molecule has 2 fully saturated rings. The molecule has 2 aliphatic carbocycles. The summed E-state index contributed by atoms with van der Waals surface area (Å²) in [5, 5.41) is 0. The standard InChI is InChI=1S/C22H28N2O6S/c1-28-20-10-9-17(11-21(20)29-2)18-12-19(22(25)30-14-16-7-4-8-16)24(31(26,27)23-18)13-15-5-3-6-15/h9-12,15-16H,3-8,13-14H2,1-2H3. The first kappa shape index (κ1) is 21.7. The number of benzene rings is 1. The second-order valence-corrected chi connectivity index (χ2v) is 9.80. The summed E-state index contributed by atoms with van der Waals surface area (Å²) in [6.45, 7) is 0.561. The van der Waals surface area contributed by atoms with E-state index in [1.807, 2.05) is 0 Å². The van der Waals surface area contributed by atoms with Crippen LogP contribution >= 0.6 is 0 Å². The van der Waals surface area contributed by atoms with Crippen LogP contribution in [-0.2, 0) is 19.7 Å². The molecule has 0 N–H and O–H groups in total. The molecular formula is C22H28N2O6S. The Kier molecular flexibility index (Phi) is 6.22. The molecule has 0 amide bonds. The van der Waals surface area contributed by atoms with E-state index in [0.29, 0.717) is 29.6 Å². The molecule has 2 saturated carbocycles. The third kappa shape index (κ3) is 4.56. The molecule has 0 unspecified atom stereocenters. The Balaban J connectivity index is 1.66. The molecule has 9 heteroatoms. The van der Waals surface area contributed by atoms with Crippen molar-refractivity contribution in [2.45, 2.75) is 38.5 Å². The highest BCUT2D eigenvalue weighted by Gasteiger charge is 2.37. The summed E-state index contributed by atoms with van der Waals surface area (Å²) in [5.74, 6) is 0.933. The summed E-state index contributed by atoms with van der Waals surface area (Å²) in [6, 6.07) is 5.00. The van der Waals surface area contributed by atoms with Crippen LogP contribution in [-0.4, -0.2) is 51.8 Å². The second kappa shape index (κ2) is 8.90. The van der Waals surface area contributed by atoms with E-state index in [4.69, 9.17) is 14.2 Å². The SMILES string of the molecule is COc1ccc(C2=NS(=O)(=O)N(CC3CCC3)C(C(=O)OCC3CCC3)=C2)cc1OC. The first-order chi connectivity index (χ1) is 14.9. The number of methoxy groups -OCH3 is 2. The van der Waals surface area contributed by atoms with Gasteiger partial charge >= 0.3 is 16.2 Å². The zero-order valence-corrected chi connectivity index (χ0v) is 18.7. The third-order valence-corrected chi connectivity index (χ3v) is 7.58. The number of allylic oxidation sites excluding steroid dienone is 1. The average molecular weight is 449 g/mol. The van der Waals surface area contributed by atoms with Gasteiger partial charge in [-0.15, -0.1) is 4.40 Å². The number of hydrogen-bond acceptors (Lipinski definition) is 6. The molecule has 31 heavy (non-hydrogen) atoms. The highest BCUT2D eigenvalue weighted by Crippen LogP contribution is 2.34. The van der Waals surface area contributed by atoms with Gasteiger partial charge < -0.3 is 14.2 Å². The molecule has 8 nitrogen and oxygen atoms in total. The lowest BCUT2D eigenvalue weighted by Gasteiger charge is -2.34. The third-order valence-electron chi connectivity index (χ3n) is 6.25. The Bertz CT molecular complexity index is 1010. The molecular weight excluding hydrogens is 420 g/mol. The highest BCUT2D eigenvalue weighted by molar-refractivity contribution is 7.88. The lowest BCUT2D eigenvalue weighted by atomic mass is 9.85. The molecule has 1 aliphatic heterocycles. The molecule has 1 heterocycles. The van der Waals surface area contributed by atoms with Gasteiger partial charge in [-0.3, -0.25) is 0 Å². The minimum Gasteiger partial charge on any atom is -0.493 e. The van der Waals surface area contributed by atoms with E-state index < -0.39 is 16.2 Å². The molecule has 0 saturated heterocycles. The number of carbonyl (C=O) groups excluding carboxylic acids is 1. The fraction of sp³-hybridized carbons (Fsp3) is 0.545. The Morgan fingerprint density at radius 2 is 1.74 bits per heavy atom. The van der Waals surface area contributed by atoms with Crippen LogP contribution in [0.4, 0.5) is 0 Å². The van der Waals surface area contributed by atoms with Crippen molar-refractivity contribution in [3.63, 3.8) is 0 Å². The van der Waals surface area contributed by atoms with E-state index in [9.17, 15) is 13.2 Å². The van der Waals surface area contributed by atoms with Crippen LogP contribution in [0.15, 0.2) is 34.4 Å². The number of ether oxygens (including phenoxy) is 3. The Morgan fingerprint density at radius 3 is 2.32 bits per heavy atom. The van der Waals surface area contributed by atoms with Gasteiger partial charge in [-0.05, 0) is 61.8 Å². The van der Waals surface area contributed by atoms with E-state index in [1.54, 1.807) is 18.2 Å². The summed E-state index contributed by atoms with van der Waals surface area (Å²) in [6.07, 6.45) is 7.69. The molecule has 0 spiro atoms. The van der Waals surface area contributed by atoms with Gasteiger partial charge in [0.25, 0.3) is 0 Å². The van der Waals surface area contributed by atoms with Gasteiger partial charge in [-0.2, -0.15) is 8.42 Å². The average Bonchev–Trinajstić information content (AvgIpc) is 2.68. The monoisotopic (exact) mass is 448 g/mol. The summed E-state index contributed by atoms with van der Waals surface area (Å²) in [5.41, 5.74) is 0.696. The first-order valence-electron chi connectivity index (χ1n) is 10.6. The molecule has 168 valence electrons. The van der Waals surface area contributed by atoms with E-state index in [1.165, 1.54) is 20.3 Å². The molecule has 1 aromatic rings. The summed E-state index contributed by atoms with van der Waals surface area (Å²) >= 11 is 0. The van der Waals surface area contributed by atoms with Crippen molar-refractivity contribution in [3.05, 3.63) is 35.5 Å². The zero-order chi connectivity index (χ0) is 22.0. The van der Waals surface area contributed by atoms with Crippen molar-refractivity contribution in [2.75, 3.05) is 27.4 Å². The molecule has 0 aromatic heterocycles. The number of rotatable bonds is 8. The zero-order valence-electron chi connectivity index (χ0n) is 17.9. The number of hydrogen-bond donors (Lipinski definition) is 0. The maximum absolute atomic E-state index is 13.1. The summed E-state index contributed by atoms with van der Waals surface area (Å²) in [7, 11) is -1.05. The van der Waals surface area contributed by atoms with Gasteiger partial charge in [0.05, 0.1) is 26.5 Å². The van der Waals surface area contributed by atoms with Gasteiger partial charge in [0.15, 0.2) is 11.5 Å². The predicted octanol–water partition coefficient (Wildman–Crippen LogP) is 3.08. The minimum absolute atomic E-state index is 0.0195. The topological polar surface area (TPSA) is 94.5 Å². The Morgan fingerprint density at radius 1 is 1.06 bits per heavy atom. The second-order valence-electron chi connectivity index (χ2n) is 8.28. The van der Waals surface area contributed by atoms with Crippen LogP contribution in [0.2, 0.25) is 0 Å². The van der Waals surface area contributed by atoms with Crippen LogP contribution in [0.25, 0.3) is 0 Å². The Labute approximate surface area is 183 Å². The van der Waals surface area contributed by atoms with Crippen molar-refractivity contribution in [3.8, 4) is 11.5 Å². The van der Waals surface area contributed by atoms with Crippen LogP contribution in [0.1, 0.15) is 44.1 Å². The molecule has 3 aliphatic rings. The van der Waals surface area contributed by atoms with E-state index >= 15 is 0 Å². The van der Waals surface area contributed by atoms with Crippen molar-refractivity contribution >= 4 is 21.9 Å².